The molecular weight excluding hydrogens is 76.9 g/mol. The fourth-order valence-corrected chi connectivity index (χ4v) is 0.217. The average Bonchev–Trinajstić information content (AvgIpc) is 1.86. The van der Waals surface area contributed by atoms with Crippen molar-refractivity contribution in [2.75, 3.05) is 0 Å². The minimum Gasteiger partial charge on any atom is -0.311 e. The summed E-state index contributed by atoms with van der Waals surface area (Å²) < 4.78 is 1.14. The van der Waals surface area contributed by atoms with Gasteiger partial charge in [-0.1, -0.05) is 5.21 Å². The summed E-state index contributed by atoms with van der Waals surface area (Å²) in [5.41, 5.74) is 0. The van der Waals surface area contributed by atoms with Crippen LogP contribution in [0.5, 0.6) is 0 Å². The van der Waals surface area contributed by atoms with Crippen LogP contribution in [0.15, 0.2) is 12.4 Å². The van der Waals surface area contributed by atoms with Gasteiger partial charge in [0.05, 0.1) is 6.20 Å². The van der Waals surface area contributed by atoms with Crippen LogP contribution >= 0.6 is 0 Å². The molecule has 0 aliphatic carbocycles. The number of hydrogen-bond acceptors (Lipinski definition) is 2. The number of hydrogen-bond donors (Lipinski definition) is 0. The Hall–Kier alpha value is -0.795. The summed E-state index contributed by atoms with van der Waals surface area (Å²) >= 11 is 0. The normalized spacial score (nSPS) is 8.67. The molecule has 0 atom stereocenters. The van der Waals surface area contributed by atoms with Gasteiger partial charge >= 0.3 is 0 Å². The van der Waals surface area contributed by atoms with Gasteiger partial charge in [0.15, 0.2) is 0 Å². The Morgan fingerprint density at radius 2 is 2.50 bits per heavy atom. The second-order valence-electron chi connectivity index (χ2n) is 0.883. The van der Waals surface area contributed by atoms with Crippen LogP contribution in [-0.2, 0) is 0 Å². The molecule has 2 radical (unpaired) electrons. The standard InChI is InChI=1S/C2H2BN3/c3-6-2-1-4-5-6/h1-2H. The minimum atomic E-state index is 1.14. The lowest BCUT2D eigenvalue weighted by atomic mass is 10.5. The maximum absolute atomic E-state index is 5.02. The Bertz CT molecular complexity index is 112. The molecule has 28 valence electrons. The Balaban J connectivity index is 3.05. The van der Waals surface area contributed by atoms with E-state index in [1.807, 2.05) is 0 Å². The zero-order valence-electron chi connectivity index (χ0n) is 3.07. The van der Waals surface area contributed by atoms with E-state index in [0.29, 0.717) is 0 Å². The van der Waals surface area contributed by atoms with Gasteiger partial charge in [-0.25, -0.2) is 0 Å². The van der Waals surface area contributed by atoms with Crippen LogP contribution in [0, 0.1) is 0 Å². The van der Waals surface area contributed by atoms with Crippen molar-refractivity contribution in [1.82, 2.24) is 14.9 Å². The first-order chi connectivity index (χ1) is 2.89. The molecule has 0 spiro atoms. The molecular formula is C2H2BN3. The molecule has 0 aliphatic rings. The highest BCUT2D eigenvalue weighted by atomic mass is 15.4. The lowest BCUT2D eigenvalue weighted by molar-refractivity contribution is 0.878. The fraction of sp³-hybridized carbons (Fsp3) is 0. The molecule has 0 N–H and O–H groups in total. The van der Waals surface area contributed by atoms with Gasteiger partial charge in [0.25, 0.3) is 7.98 Å². The third-order valence-corrected chi connectivity index (χ3v) is 0.441. The Kier molecular flexibility index (Phi) is 0.635. The lowest BCUT2D eigenvalue weighted by Crippen LogP contribution is -1.89. The van der Waals surface area contributed by atoms with Crippen molar-refractivity contribution in [1.29, 1.82) is 0 Å². The molecule has 0 aliphatic heterocycles. The van der Waals surface area contributed by atoms with E-state index < -0.39 is 0 Å². The molecule has 1 aromatic heterocycles. The molecule has 0 saturated heterocycles. The van der Waals surface area contributed by atoms with E-state index in [9.17, 15) is 0 Å². The summed E-state index contributed by atoms with van der Waals surface area (Å²) in [4.78, 5) is 0. The van der Waals surface area contributed by atoms with Crippen molar-refractivity contribution in [3.63, 3.8) is 0 Å². The molecule has 1 aromatic rings. The van der Waals surface area contributed by atoms with E-state index in [-0.39, 0.29) is 0 Å². The summed E-state index contributed by atoms with van der Waals surface area (Å²) in [6.45, 7) is 0. The molecule has 1 rings (SSSR count). The Morgan fingerprint density at radius 1 is 1.67 bits per heavy atom. The first-order valence-corrected chi connectivity index (χ1v) is 1.51. The van der Waals surface area contributed by atoms with E-state index in [4.69, 9.17) is 7.98 Å². The molecule has 1 heterocycles. The van der Waals surface area contributed by atoms with Gasteiger partial charge in [0.2, 0.25) is 0 Å². The summed E-state index contributed by atoms with van der Waals surface area (Å²) in [5.74, 6) is 0. The molecule has 4 heteroatoms. The van der Waals surface area contributed by atoms with E-state index in [1.165, 1.54) is 6.20 Å². The first kappa shape index (κ1) is 3.40. The van der Waals surface area contributed by atoms with Gasteiger partial charge in [0.1, 0.15) is 0 Å². The summed E-state index contributed by atoms with van der Waals surface area (Å²) in [6.07, 6.45) is 3.07. The highest BCUT2D eigenvalue weighted by Crippen LogP contribution is 1.64. The van der Waals surface area contributed by atoms with Crippen LogP contribution in [0.3, 0.4) is 0 Å². The molecule has 0 saturated carbocycles. The molecule has 0 unspecified atom stereocenters. The van der Waals surface area contributed by atoms with E-state index in [1.54, 1.807) is 6.20 Å². The summed E-state index contributed by atoms with van der Waals surface area (Å²) in [5, 5.41) is 6.77. The van der Waals surface area contributed by atoms with Crippen molar-refractivity contribution in [3.05, 3.63) is 12.4 Å². The van der Waals surface area contributed by atoms with Crippen LogP contribution in [-0.4, -0.2) is 22.9 Å². The predicted molar refractivity (Wildman–Crippen MR) is 21.2 cm³/mol. The molecule has 0 bridgehead atoms. The molecule has 0 aromatic carbocycles. The van der Waals surface area contributed by atoms with E-state index in [2.05, 4.69) is 10.3 Å². The smallest absolute Gasteiger partial charge is 0.266 e. The van der Waals surface area contributed by atoms with Gasteiger partial charge in [-0.05, 0) is 0 Å². The highest BCUT2D eigenvalue weighted by molar-refractivity contribution is 6.05. The van der Waals surface area contributed by atoms with Crippen molar-refractivity contribution < 1.29 is 0 Å². The maximum atomic E-state index is 5.02. The van der Waals surface area contributed by atoms with Crippen LogP contribution < -0.4 is 0 Å². The monoisotopic (exact) mass is 79.0 g/mol. The van der Waals surface area contributed by atoms with Gasteiger partial charge in [-0.15, -0.1) is 5.10 Å². The third kappa shape index (κ3) is 0.405. The van der Waals surface area contributed by atoms with Gasteiger partial charge in [-0.2, -0.15) is 0 Å². The quantitative estimate of drug-likeness (QED) is 0.381. The lowest BCUT2D eigenvalue weighted by Gasteiger charge is -1.74. The topological polar surface area (TPSA) is 30.7 Å². The van der Waals surface area contributed by atoms with E-state index >= 15 is 0 Å². The van der Waals surface area contributed by atoms with Crippen molar-refractivity contribution in [2.24, 2.45) is 0 Å². The van der Waals surface area contributed by atoms with Crippen LogP contribution in [0.25, 0.3) is 0 Å². The summed E-state index contributed by atoms with van der Waals surface area (Å²) in [7, 11) is 5.02. The highest BCUT2D eigenvalue weighted by Gasteiger charge is 1.71. The largest absolute Gasteiger partial charge is 0.311 e. The molecule has 6 heavy (non-hydrogen) atoms. The number of nitrogens with zero attached hydrogens (tertiary/aromatic N) is 3. The van der Waals surface area contributed by atoms with Crippen molar-refractivity contribution in [2.45, 2.75) is 0 Å². The zero-order valence-corrected chi connectivity index (χ0v) is 3.07. The van der Waals surface area contributed by atoms with Crippen molar-refractivity contribution in [3.8, 4) is 0 Å². The van der Waals surface area contributed by atoms with Crippen LogP contribution in [0.1, 0.15) is 0 Å². The average molecular weight is 78.9 g/mol. The second kappa shape index (κ2) is 1.12. The molecule has 0 fully saturated rings. The first-order valence-electron chi connectivity index (χ1n) is 1.51. The van der Waals surface area contributed by atoms with Crippen LogP contribution in [0.4, 0.5) is 0 Å². The maximum Gasteiger partial charge on any atom is 0.266 e. The predicted octanol–water partition coefficient (Wildman–Crippen LogP) is -0.790. The van der Waals surface area contributed by atoms with Gasteiger partial charge < -0.3 is 4.59 Å². The van der Waals surface area contributed by atoms with Crippen molar-refractivity contribution >= 4 is 7.98 Å². The zero-order chi connectivity index (χ0) is 4.41. The van der Waals surface area contributed by atoms with Gasteiger partial charge in [0, 0.05) is 6.20 Å². The number of aromatic nitrogens is 3. The SMILES string of the molecule is [B]n1ccnn1. The number of rotatable bonds is 0. The van der Waals surface area contributed by atoms with E-state index in [0.717, 1.165) is 4.59 Å². The second-order valence-corrected chi connectivity index (χ2v) is 0.883. The third-order valence-electron chi connectivity index (χ3n) is 0.441. The summed E-state index contributed by atoms with van der Waals surface area (Å²) in [6, 6.07) is 0. The fourth-order valence-electron chi connectivity index (χ4n) is 0.217. The van der Waals surface area contributed by atoms with Gasteiger partial charge in [-0.3, -0.25) is 0 Å². The minimum absolute atomic E-state index is 1.14. The molecule has 3 nitrogen and oxygen atoms in total. The van der Waals surface area contributed by atoms with Crippen LogP contribution in [0.2, 0.25) is 0 Å². The molecule has 0 amide bonds. The Morgan fingerprint density at radius 3 is 2.67 bits per heavy atom. The Labute approximate surface area is 36.4 Å².